The fraction of sp³-hybridized carbons (Fsp3) is 0.238. The molecule has 0 bridgehead atoms. The van der Waals surface area contributed by atoms with Crippen molar-refractivity contribution in [2.45, 2.75) is 20.8 Å². The molecule has 1 aliphatic heterocycles. The number of hydrogen-bond acceptors (Lipinski definition) is 4. The predicted molar refractivity (Wildman–Crippen MR) is 114 cm³/mol. The summed E-state index contributed by atoms with van der Waals surface area (Å²) in [6, 6.07) is 15.6. The van der Waals surface area contributed by atoms with Gasteiger partial charge in [0.15, 0.2) is 4.32 Å². The van der Waals surface area contributed by atoms with Crippen LogP contribution in [0, 0.1) is 12.8 Å². The maximum Gasteiger partial charge on any atom is 0.270 e. The average molecular weight is 384 g/mol. The van der Waals surface area contributed by atoms with Crippen molar-refractivity contribution in [2.24, 2.45) is 5.92 Å². The molecule has 1 fully saturated rings. The number of thioether (sulfide) groups is 1. The minimum atomic E-state index is -0.0933. The summed E-state index contributed by atoms with van der Waals surface area (Å²) < 4.78 is 6.44. The minimum absolute atomic E-state index is 0.0933. The molecule has 26 heavy (non-hydrogen) atoms. The maximum atomic E-state index is 12.9. The average Bonchev–Trinajstić information content (AvgIpc) is 2.87. The van der Waals surface area contributed by atoms with Crippen molar-refractivity contribution in [3.05, 3.63) is 64.6 Å². The number of anilines is 1. The van der Waals surface area contributed by atoms with Gasteiger partial charge in [-0.05, 0) is 42.7 Å². The van der Waals surface area contributed by atoms with Crippen molar-refractivity contribution in [2.75, 3.05) is 11.5 Å². The molecule has 3 nitrogen and oxygen atoms in total. The topological polar surface area (TPSA) is 29.5 Å². The van der Waals surface area contributed by atoms with Crippen molar-refractivity contribution in [3.8, 4) is 5.75 Å². The highest BCUT2D eigenvalue weighted by molar-refractivity contribution is 8.27. The fourth-order valence-corrected chi connectivity index (χ4v) is 3.88. The largest absolute Gasteiger partial charge is 0.493 e. The monoisotopic (exact) mass is 383 g/mol. The van der Waals surface area contributed by atoms with E-state index in [2.05, 4.69) is 13.8 Å². The van der Waals surface area contributed by atoms with Crippen LogP contribution in [0.25, 0.3) is 6.08 Å². The quantitative estimate of drug-likeness (QED) is 0.508. The number of benzene rings is 2. The highest BCUT2D eigenvalue weighted by Gasteiger charge is 2.33. The first-order valence-corrected chi connectivity index (χ1v) is 9.74. The van der Waals surface area contributed by atoms with Crippen LogP contribution in [-0.4, -0.2) is 16.8 Å². The van der Waals surface area contributed by atoms with E-state index in [9.17, 15) is 4.79 Å². The lowest BCUT2D eigenvalue weighted by atomic mass is 10.1. The van der Waals surface area contributed by atoms with Gasteiger partial charge in [0.2, 0.25) is 0 Å². The normalized spacial score (nSPS) is 16.0. The third-order valence-corrected chi connectivity index (χ3v) is 5.13. The zero-order chi connectivity index (χ0) is 18.7. The van der Waals surface area contributed by atoms with Crippen LogP contribution < -0.4 is 9.64 Å². The van der Waals surface area contributed by atoms with Crippen LogP contribution in [0.1, 0.15) is 25.0 Å². The second-order valence-corrected chi connectivity index (χ2v) is 8.27. The Morgan fingerprint density at radius 1 is 1.19 bits per heavy atom. The third kappa shape index (κ3) is 4.17. The predicted octanol–water partition coefficient (Wildman–Crippen LogP) is 5.44. The van der Waals surface area contributed by atoms with Crippen LogP contribution >= 0.6 is 24.0 Å². The van der Waals surface area contributed by atoms with Gasteiger partial charge in [-0.25, -0.2) is 0 Å². The van der Waals surface area contributed by atoms with E-state index in [1.807, 2.05) is 61.5 Å². The van der Waals surface area contributed by atoms with Crippen LogP contribution in [0.15, 0.2) is 53.4 Å². The van der Waals surface area contributed by atoms with Crippen LogP contribution in [0.3, 0.4) is 0 Å². The Kier molecular flexibility index (Phi) is 5.79. The third-order valence-electron chi connectivity index (χ3n) is 3.83. The first-order chi connectivity index (χ1) is 12.5. The molecule has 3 rings (SSSR count). The molecule has 0 aromatic heterocycles. The molecule has 0 spiro atoms. The van der Waals surface area contributed by atoms with Gasteiger partial charge in [-0.1, -0.05) is 68.2 Å². The van der Waals surface area contributed by atoms with Gasteiger partial charge in [0, 0.05) is 5.56 Å². The van der Waals surface area contributed by atoms with Crippen molar-refractivity contribution in [1.82, 2.24) is 0 Å². The van der Waals surface area contributed by atoms with Crippen LogP contribution in [-0.2, 0) is 4.79 Å². The summed E-state index contributed by atoms with van der Waals surface area (Å²) in [5.74, 6) is 1.12. The lowest BCUT2D eigenvalue weighted by Gasteiger charge is -2.15. The Bertz CT molecular complexity index is 874. The zero-order valence-electron chi connectivity index (χ0n) is 15.1. The standard InChI is InChI=1S/C21H21NO2S2/c1-14(2)13-24-18-10-5-4-8-16(18)12-19-20(23)22(21(25)26-19)17-9-6-7-15(3)11-17/h4-12,14H,13H2,1-3H3/b19-12-. The van der Waals surface area contributed by atoms with Crippen molar-refractivity contribution < 1.29 is 9.53 Å². The smallest absolute Gasteiger partial charge is 0.270 e. The number of hydrogen-bond donors (Lipinski definition) is 0. The first kappa shape index (κ1) is 18.7. The molecule has 0 radical (unpaired) electrons. The number of thiocarbonyl (C=S) groups is 1. The molecular weight excluding hydrogens is 362 g/mol. The molecule has 0 atom stereocenters. The highest BCUT2D eigenvalue weighted by Crippen LogP contribution is 2.37. The van der Waals surface area contributed by atoms with Gasteiger partial charge >= 0.3 is 0 Å². The maximum absolute atomic E-state index is 12.9. The Morgan fingerprint density at radius 2 is 1.96 bits per heavy atom. The molecule has 0 aliphatic carbocycles. The Labute approximate surface area is 164 Å². The molecule has 0 saturated carbocycles. The molecule has 2 aromatic rings. The zero-order valence-corrected chi connectivity index (χ0v) is 16.7. The van der Waals surface area contributed by atoms with Crippen LogP contribution in [0.4, 0.5) is 5.69 Å². The van der Waals surface area contributed by atoms with E-state index in [0.29, 0.717) is 21.8 Å². The highest BCUT2D eigenvalue weighted by atomic mass is 32.2. The van der Waals surface area contributed by atoms with Crippen molar-refractivity contribution in [1.29, 1.82) is 0 Å². The Balaban J connectivity index is 1.89. The summed E-state index contributed by atoms with van der Waals surface area (Å²) in [4.78, 5) is 15.1. The van der Waals surface area contributed by atoms with Gasteiger partial charge in [0.05, 0.1) is 17.2 Å². The van der Waals surface area contributed by atoms with Gasteiger partial charge in [0.25, 0.3) is 5.91 Å². The SMILES string of the molecule is Cc1cccc(N2C(=O)/C(=C/c3ccccc3OCC(C)C)SC2=S)c1. The van der Waals surface area contributed by atoms with Gasteiger partial charge < -0.3 is 4.74 Å². The van der Waals surface area contributed by atoms with E-state index >= 15 is 0 Å². The summed E-state index contributed by atoms with van der Waals surface area (Å²) >= 11 is 6.77. The summed E-state index contributed by atoms with van der Waals surface area (Å²) in [5, 5.41) is 0. The number of ether oxygens (including phenoxy) is 1. The fourth-order valence-electron chi connectivity index (χ4n) is 2.59. The summed E-state index contributed by atoms with van der Waals surface area (Å²) in [5.41, 5.74) is 2.78. The van der Waals surface area contributed by atoms with Crippen molar-refractivity contribution in [3.63, 3.8) is 0 Å². The number of carbonyl (C=O) groups excluding carboxylic acids is 1. The van der Waals surface area contributed by atoms with E-state index < -0.39 is 0 Å². The van der Waals surface area contributed by atoms with E-state index in [4.69, 9.17) is 17.0 Å². The van der Waals surface area contributed by atoms with E-state index in [-0.39, 0.29) is 5.91 Å². The summed E-state index contributed by atoms with van der Waals surface area (Å²) in [7, 11) is 0. The number of nitrogens with zero attached hydrogens (tertiary/aromatic N) is 1. The molecule has 134 valence electrons. The van der Waals surface area contributed by atoms with E-state index in [1.54, 1.807) is 4.90 Å². The Morgan fingerprint density at radius 3 is 2.69 bits per heavy atom. The number of rotatable bonds is 5. The van der Waals surface area contributed by atoms with Gasteiger partial charge in [-0.3, -0.25) is 9.69 Å². The molecule has 1 aliphatic rings. The van der Waals surface area contributed by atoms with Gasteiger partial charge in [-0.2, -0.15) is 0 Å². The van der Waals surface area contributed by atoms with Gasteiger partial charge in [-0.15, -0.1) is 0 Å². The summed E-state index contributed by atoms with van der Waals surface area (Å²) in [6.45, 7) is 6.85. The molecular formula is C21H21NO2S2. The second kappa shape index (κ2) is 8.06. The number of para-hydroxylation sites is 1. The molecule has 5 heteroatoms. The molecule has 1 saturated heterocycles. The number of carbonyl (C=O) groups is 1. The van der Waals surface area contributed by atoms with E-state index in [1.165, 1.54) is 11.8 Å². The molecule has 1 amide bonds. The first-order valence-electron chi connectivity index (χ1n) is 8.52. The van der Waals surface area contributed by atoms with E-state index in [0.717, 1.165) is 22.6 Å². The van der Waals surface area contributed by atoms with Crippen LogP contribution in [0.5, 0.6) is 5.75 Å². The molecule has 1 heterocycles. The Hall–Kier alpha value is -2.11. The second-order valence-electron chi connectivity index (χ2n) is 6.60. The lowest BCUT2D eigenvalue weighted by Crippen LogP contribution is -2.27. The van der Waals surface area contributed by atoms with Crippen molar-refractivity contribution >= 4 is 46.0 Å². The number of aryl methyl sites for hydroxylation is 1. The van der Waals surface area contributed by atoms with Crippen LogP contribution in [0.2, 0.25) is 0 Å². The lowest BCUT2D eigenvalue weighted by molar-refractivity contribution is -0.113. The summed E-state index contributed by atoms with van der Waals surface area (Å²) in [6.07, 6.45) is 1.87. The number of amides is 1. The van der Waals surface area contributed by atoms with Gasteiger partial charge in [0.1, 0.15) is 5.75 Å². The molecule has 2 aromatic carbocycles. The molecule has 0 N–H and O–H groups in total. The minimum Gasteiger partial charge on any atom is -0.493 e. The molecule has 0 unspecified atom stereocenters.